The second-order valence-electron chi connectivity index (χ2n) is 7.84. The van der Waals surface area contributed by atoms with Crippen LogP contribution in [0, 0.1) is 0 Å². The second kappa shape index (κ2) is 8.95. The number of rotatable bonds is 7. The Balaban J connectivity index is 1.27. The number of aromatic amines is 2. The Morgan fingerprint density at radius 2 is 1.79 bits per heavy atom. The van der Waals surface area contributed by atoms with Crippen LogP contribution in [0.1, 0.15) is 29.3 Å². The van der Waals surface area contributed by atoms with E-state index < -0.39 is 0 Å². The maximum atomic E-state index is 11.4. The number of anilines is 1. The maximum absolute atomic E-state index is 11.4. The summed E-state index contributed by atoms with van der Waals surface area (Å²) in [5.74, 6) is 2.66. The summed E-state index contributed by atoms with van der Waals surface area (Å²) in [6, 6.07) is 20.4. The number of nitrogen functional groups attached to an aromatic ring is 1. The minimum absolute atomic E-state index is 0.0738. The Hall–Kier alpha value is -4.24. The minimum Gasteiger partial charge on any atom is -0.494 e. The first kappa shape index (κ1) is 21.6. The largest absolute Gasteiger partial charge is 0.494 e. The topological polar surface area (TPSA) is 126 Å². The molecule has 0 saturated carbocycles. The van der Waals surface area contributed by atoms with E-state index in [-0.39, 0.29) is 16.9 Å². The van der Waals surface area contributed by atoms with Crippen LogP contribution in [0.4, 0.5) is 5.69 Å². The van der Waals surface area contributed by atoms with Crippen LogP contribution in [-0.4, -0.2) is 20.1 Å². The first-order valence-corrected chi connectivity index (χ1v) is 11.4. The van der Waals surface area contributed by atoms with E-state index in [1.807, 2.05) is 67.6 Å². The van der Waals surface area contributed by atoms with Crippen molar-refractivity contribution in [3.8, 4) is 23.1 Å². The first-order chi connectivity index (χ1) is 16.4. The lowest BCUT2D eigenvalue weighted by molar-refractivity contribution is 0.218. The Kier molecular flexibility index (Phi) is 5.69. The van der Waals surface area contributed by atoms with Crippen LogP contribution in [0.25, 0.3) is 11.0 Å². The average molecular weight is 475 g/mol. The molecular formula is C25H22N4O4S. The lowest BCUT2D eigenvalue weighted by Crippen LogP contribution is -2.05. The van der Waals surface area contributed by atoms with Crippen LogP contribution in [-0.2, 0) is 6.42 Å². The molecule has 0 aliphatic rings. The Morgan fingerprint density at radius 3 is 2.53 bits per heavy atom. The third-order valence-electron chi connectivity index (χ3n) is 5.25. The zero-order chi connectivity index (χ0) is 23.7. The third kappa shape index (κ3) is 4.74. The van der Waals surface area contributed by atoms with Gasteiger partial charge >= 0.3 is 4.87 Å². The molecule has 2 heterocycles. The lowest BCUT2D eigenvalue weighted by atomic mass is 10.1. The lowest BCUT2D eigenvalue weighted by Gasteiger charge is -2.12. The summed E-state index contributed by atoms with van der Waals surface area (Å²) in [4.78, 5) is 22.0. The number of hydrogen-bond donors (Lipinski definition) is 4. The van der Waals surface area contributed by atoms with Crippen LogP contribution in [0.3, 0.4) is 0 Å². The van der Waals surface area contributed by atoms with Crippen molar-refractivity contribution in [3.05, 3.63) is 92.7 Å². The van der Waals surface area contributed by atoms with Gasteiger partial charge in [0.2, 0.25) is 5.88 Å². The molecule has 5 rings (SSSR count). The second-order valence-corrected chi connectivity index (χ2v) is 8.91. The zero-order valence-corrected chi connectivity index (χ0v) is 19.1. The van der Waals surface area contributed by atoms with E-state index in [4.69, 9.17) is 15.2 Å². The van der Waals surface area contributed by atoms with Crippen LogP contribution in [0.15, 0.2) is 71.5 Å². The number of fused-ring (bicyclic) bond motifs is 1. The van der Waals surface area contributed by atoms with E-state index in [1.54, 1.807) is 6.07 Å². The van der Waals surface area contributed by atoms with Crippen LogP contribution >= 0.6 is 11.3 Å². The zero-order valence-electron chi connectivity index (χ0n) is 18.2. The Morgan fingerprint density at radius 1 is 1.03 bits per heavy atom. The normalized spacial score (nSPS) is 12.0. The molecule has 0 amide bonds. The fourth-order valence-electron chi connectivity index (χ4n) is 3.58. The molecule has 0 radical (unpaired) electrons. The molecule has 1 atom stereocenters. The van der Waals surface area contributed by atoms with Gasteiger partial charge in [-0.25, -0.2) is 4.98 Å². The number of hydrogen-bond acceptors (Lipinski definition) is 7. The number of aromatic hydroxyl groups is 1. The van der Waals surface area contributed by atoms with Gasteiger partial charge in [0.1, 0.15) is 23.1 Å². The van der Waals surface area contributed by atoms with Gasteiger partial charge in [-0.3, -0.25) is 9.78 Å². The molecule has 2 aromatic heterocycles. The van der Waals surface area contributed by atoms with Crippen molar-refractivity contribution in [2.45, 2.75) is 19.4 Å². The van der Waals surface area contributed by atoms with Gasteiger partial charge in [-0.2, -0.15) is 0 Å². The van der Waals surface area contributed by atoms with Crippen molar-refractivity contribution in [2.24, 2.45) is 0 Å². The molecular weight excluding hydrogens is 452 g/mol. The summed E-state index contributed by atoms with van der Waals surface area (Å²) in [5.41, 5.74) is 9.07. The van der Waals surface area contributed by atoms with Crippen LogP contribution in [0.5, 0.6) is 23.1 Å². The maximum Gasteiger partial charge on any atom is 0.307 e. The van der Waals surface area contributed by atoms with E-state index in [0.717, 1.165) is 27.9 Å². The molecule has 5 N–H and O–H groups in total. The van der Waals surface area contributed by atoms with Crippen LogP contribution < -0.4 is 20.1 Å². The molecule has 8 nitrogen and oxygen atoms in total. The summed E-state index contributed by atoms with van der Waals surface area (Å²) in [5, 5.41) is 9.76. The fraction of sp³-hybridized carbons (Fsp3) is 0.120. The number of aromatic nitrogens is 3. The number of thiazole rings is 1. The average Bonchev–Trinajstić information content (AvgIpc) is 3.37. The molecule has 0 saturated heterocycles. The monoisotopic (exact) mass is 474 g/mol. The van der Waals surface area contributed by atoms with E-state index in [1.165, 1.54) is 0 Å². The molecule has 0 bridgehead atoms. The van der Waals surface area contributed by atoms with Crippen molar-refractivity contribution in [3.63, 3.8) is 0 Å². The van der Waals surface area contributed by atoms with Crippen molar-refractivity contribution in [2.75, 3.05) is 5.73 Å². The highest BCUT2D eigenvalue weighted by atomic mass is 32.1. The molecule has 0 spiro atoms. The quantitative estimate of drug-likeness (QED) is 0.242. The highest BCUT2D eigenvalue weighted by Crippen LogP contribution is 2.28. The van der Waals surface area contributed by atoms with Gasteiger partial charge in [-0.15, -0.1) is 0 Å². The molecule has 0 fully saturated rings. The van der Waals surface area contributed by atoms with E-state index in [9.17, 15) is 9.90 Å². The van der Waals surface area contributed by atoms with Crippen LogP contribution in [0.2, 0.25) is 0 Å². The summed E-state index contributed by atoms with van der Waals surface area (Å²) in [6.45, 7) is 1.92. The highest BCUT2D eigenvalue weighted by molar-refractivity contribution is 7.09. The number of H-pyrrole nitrogens is 2. The number of benzene rings is 3. The number of nitrogens with two attached hydrogens (primary N) is 1. The third-order valence-corrected chi connectivity index (χ3v) is 6.12. The summed E-state index contributed by atoms with van der Waals surface area (Å²) < 4.78 is 12.0. The van der Waals surface area contributed by atoms with Gasteiger partial charge in [-0.1, -0.05) is 29.5 Å². The summed E-state index contributed by atoms with van der Waals surface area (Å²) in [7, 11) is 0. The van der Waals surface area contributed by atoms with Gasteiger partial charge in [0.15, 0.2) is 6.10 Å². The molecule has 9 heteroatoms. The van der Waals surface area contributed by atoms with Gasteiger partial charge in [0.25, 0.3) is 0 Å². The molecule has 5 aromatic rings. The van der Waals surface area contributed by atoms with E-state index in [2.05, 4.69) is 15.0 Å². The van der Waals surface area contributed by atoms with Crippen molar-refractivity contribution < 1.29 is 14.6 Å². The summed E-state index contributed by atoms with van der Waals surface area (Å²) in [6.07, 6.45) is 0.157. The predicted molar refractivity (Wildman–Crippen MR) is 132 cm³/mol. The van der Waals surface area contributed by atoms with Gasteiger partial charge in [0.05, 0.1) is 15.9 Å². The number of ether oxygens (including phenoxy) is 2. The van der Waals surface area contributed by atoms with Crippen molar-refractivity contribution in [1.29, 1.82) is 0 Å². The van der Waals surface area contributed by atoms with E-state index >= 15 is 0 Å². The van der Waals surface area contributed by atoms with Crippen molar-refractivity contribution >= 4 is 28.1 Å². The van der Waals surface area contributed by atoms with Gasteiger partial charge in [0, 0.05) is 24.2 Å². The number of nitrogens with one attached hydrogen (secondary N) is 2. The standard InChI is InChI=1S/C25H22N4O4S/c1-14(32-17-7-5-15(6-8-17)11-22-24(30)29-25(31)34-22)23-27-20-10-9-19(13-21(20)28-23)33-18-4-2-3-16(26)12-18/h2-10,12-14,30H,11,26H2,1H3,(H,27,28)(H,29,31). The van der Waals surface area contributed by atoms with E-state index in [0.29, 0.717) is 40.1 Å². The van der Waals surface area contributed by atoms with Gasteiger partial charge in [-0.05, 0) is 48.9 Å². The number of nitrogens with zero attached hydrogens (tertiary/aromatic N) is 1. The fourth-order valence-corrected chi connectivity index (χ4v) is 4.34. The molecule has 3 aromatic carbocycles. The van der Waals surface area contributed by atoms with Crippen molar-refractivity contribution in [1.82, 2.24) is 15.0 Å². The number of imidazole rings is 1. The molecule has 1 unspecified atom stereocenters. The molecule has 172 valence electrons. The summed E-state index contributed by atoms with van der Waals surface area (Å²) >= 11 is 1.01. The Bertz CT molecular complexity index is 1500. The predicted octanol–water partition coefficient (Wildman–Crippen LogP) is 5.12. The smallest absolute Gasteiger partial charge is 0.307 e. The minimum atomic E-state index is -0.310. The highest BCUT2D eigenvalue weighted by Gasteiger charge is 2.14. The first-order valence-electron chi connectivity index (χ1n) is 10.6. The molecule has 0 aliphatic heterocycles. The van der Waals surface area contributed by atoms with Gasteiger partial charge < -0.3 is 25.3 Å². The molecule has 34 heavy (non-hydrogen) atoms. The molecule has 0 aliphatic carbocycles. The SMILES string of the molecule is CC(Oc1ccc(Cc2sc(=O)[nH]c2O)cc1)c1nc2ccc(Oc3cccc(N)c3)cc2[nH]1. The Labute approximate surface area is 198 Å².